The Bertz CT molecular complexity index is 679. The minimum atomic E-state index is -0.320. The van der Waals surface area contributed by atoms with Crippen LogP contribution >= 0.6 is 0 Å². The second kappa shape index (κ2) is 7.83. The molecule has 1 aliphatic heterocycles. The first-order valence-electron chi connectivity index (χ1n) is 8.18. The number of hydrogen-bond donors (Lipinski definition) is 2. The van der Waals surface area contributed by atoms with Gasteiger partial charge in [-0.2, -0.15) is 5.10 Å². The number of rotatable bonds is 7. The van der Waals surface area contributed by atoms with Gasteiger partial charge in [0.05, 0.1) is 13.2 Å². The Balaban J connectivity index is 1.61. The third-order valence-electron chi connectivity index (χ3n) is 4.03. The molecule has 3 N–H and O–H groups in total. The molecule has 1 aliphatic rings. The third kappa shape index (κ3) is 4.26. The van der Waals surface area contributed by atoms with Crippen LogP contribution in [0.25, 0.3) is 0 Å². The van der Waals surface area contributed by atoms with Crippen LogP contribution in [0.5, 0.6) is 0 Å². The van der Waals surface area contributed by atoms with Crippen LogP contribution in [0, 0.1) is 0 Å². The number of aryl methyl sites for hydroxylation is 1. The van der Waals surface area contributed by atoms with Gasteiger partial charge < -0.3 is 20.7 Å². The molecule has 7 heteroatoms. The van der Waals surface area contributed by atoms with E-state index >= 15 is 0 Å². The molecule has 2 heterocycles. The minimum absolute atomic E-state index is 0.293. The molecule has 0 bridgehead atoms. The number of nitrogens with two attached hydrogens (primary N) is 1. The van der Waals surface area contributed by atoms with Gasteiger partial charge >= 0.3 is 0 Å². The van der Waals surface area contributed by atoms with Gasteiger partial charge in [0.2, 0.25) is 5.91 Å². The molecule has 0 unspecified atom stereocenters. The van der Waals surface area contributed by atoms with Crippen LogP contribution in [0.15, 0.2) is 36.5 Å². The lowest BCUT2D eigenvalue weighted by molar-refractivity contribution is -0.118. The van der Waals surface area contributed by atoms with E-state index in [-0.39, 0.29) is 5.91 Å². The number of primary amides is 1. The van der Waals surface area contributed by atoms with E-state index in [9.17, 15) is 4.79 Å². The summed E-state index contributed by atoms with van der Waals surface area (Å²) in [7, 11) is 0. The first-order chi connectivity index (χ1) is 11.7. The Morgan fingerprint density at radius 1 is 1.25 bits per heavy atom. The van der Waals surface area contributed by atoms with Gasteiger partial charge in [-0.05, 0) is 11.6 Å². The number of para-hydroxylation sites is 1. The summed E-state index contributed by atoms with van der Waals surface area (Å²) in [4.78, 5) is 13.2. The number of aromatic nitrogens is 2. The monoisotopic (exact) mass is 329 g/mol. The number of hydrogen-bond acceptors (Lipinski definition) is 5. The van der Waals surface area contributed by atoms with Crippen LogP contribution < -0.4 is 16.0 Å². The van der Waals surface area contributed by atoms with Crippen LogP contribution in [0.1, 0.15) is 12.0 Å². The average Bonchev–Trinajstić information content (AvgIpc) is 3.07. The predicted octanol–water partition coefficient (Wildman–Crippen LogP) is 1.21. The maximum atomic E-state index is 10.8. The van der Waals surface area contributed by atoms with E-state index in [4.69, 9.17) is 10.5 Å². The van der Waals surface area contributed by atoms with Crippen molar-refractivity contribution in [3.8, 4) is 0 Å². The third-order valence-corrected chi connectivity index (χ3v) is 4.03. The van der Waals surface area contributed by atoms with Crippen LogP contribution in [-0.4, -0.2) is 42.0 Å². The van der Waals surface area contributed by atoms with Crippen LogP contribution in [0.3, 0.4) is 0 Å². The lowest BCUT2D eigenvalue weighted by atomic mass is 10.1. The number of carbonyl (C=O) groups excluding carboxylic acids is 1. The molecule has 1 amide bonds. The van der Waals surface area contributed by atoms with Crippen molar-refractivity contribution >= 4 is 17.4 Å². The summed E-state index contributed by atoms with van der Waals surface area (Å²) in [5.41, 5.74) is 7.63. The molecule has 7 nitrogen and oxygen atoms in total. The SMILES string of the molecule is NC(=O)CCn1ccc(NCc2ccccc2N2CCOCC2)n1. The van der Waals surface area contributed by atoms with Gasteiger partial charge in [0.25, 0.3) is 0 Å². The summed E-state index contributed by atoms with van der Waals surface area (Å²) in [6.45, 7) is 4.57. The normalized spacial score (nSPS) is 14.6. The molecule has 2 aromatic rings. The van der Waals surface area contributed by atoms with E-state index in [1.807, 2.05) is 18.3 Å². The highest BCUT2D eigenvalue weighted by Crippen LogP contribution is 2.22. The van der Waals surface area contributed by atoms with Crippen LogP contribution in [-0.2, 0) is 22.6 Å². The molecule has 24 heavy (non-hydrogen) atoms. The van der Waals surface area contributed by atoms with Crippen molar-refractivity contribution in [3.63, 3.8) is 0 Å². The average molecular weight is 329 g/mol. The fraction of sp³-hybridized carbons (Fsp3) is 0.412. The molecule has 3 rings (SSSR count). The van der Waals surface area contributed by atoms with Crippen molar-refractivity contribution < 1.29 is 9.53 Å². The zero-order valence-corrected chi connectivity index (χ0v) is 13.6. The van der Waals surface area contributed by atoms with Crippen LogP contribution in [0.4, 0.5) is 11.5 Å². The highest BCUT2D eigenvalue weighted by molar-refractivity contribution is 5.73. The van der Waals surface area contributed by atoms with Gasteiger partial charge in [-0.25, -0.2) is 0 Å². The Labute approximate surface area is 141 Å². The fourth-order valence-corrected chi connectivity index (χ4v) is 2.76. The minimum Gasteiger partial charge on any atom is -0.378 e. The maximum Gasteiger partial charge on any atom is 0.219 e. The highest BCUT2D eigenvalue weighted by Gasteiger charge is 2.14. The molecule has 1 saturated heterocycles. The topological polar surface area (TPSA) is 85.4 Å². The standard InChI is InChI=1S/C17H23N5O2/c18-16(23)5-7-22-8-6-17(20-22)19-13-14-3-1-2-4-15(14)21-9-11-24-12-10-21/h1-4,6,8H,5,7,9-13H2,(H2,18,23)(H,19,20). The molecular formula is C17H23N5O2. The van der Waals surface area contributed by atoms with E-state index in [1.54, 1.807) is 4.68 Å². The van der Waals surface area contributed by atoms with Crippen LogP contribution in [0.2, 0.25) is 0 Å². The summed E-state index contributed by atoms with van der Waals surface area (Å²) in [5, 5.41) is 7.75. The molecule has 0 saturated carbocycles. The molecule has 0 radical (unpaired) electrons. The number of nitrogens with zero attached hydrogens (tertiary/aromatic N) is 3. The number of benzene rings is 1. The first-order valence-corrected chi connectivity index (χ1v) is 8.18. The van der Waals surface area contributed by atoms with Crippen molar-refractivity contribution in [1.29, 1.82) is 0 Å². The van der Waals surface area contributed by atoms with Crippen molar-refractivity contribution in [2.24, 2.45) is 5.73 Å². The number of ether oxygens (including phenoxy) is 1. The maximum absolute atomic E-state index is 10.8. The molecule has 1 aromatic carbocycles. The van der Waals surface area contributed by atoms with E-state index in [0.29, 0.717) is 19.5 Å². The lowest BCUT2D eigenvalue weighted by Gasteiger charge is -2.30. The zero-order valence-electron chi connectivity index (χ0n) is 13.6. The quantitative estimate of drug-likeness (QED) is 0.797. The lowest BCUT2D eigenvalue weighted by Crippen LogP contribution is -2.36. The van der Waals surface area contributed by atoms with Gasteiger partial charge in [-0.3, -0.25) is 9.48 Å². The Kier molecular flexibility index (Phi) is 5.32. The smallest absolute Gasteiger partial charge is 0.219 e. The van der Waals surface area contributed by atoms with Gasteiger partial charge in [-0.15, -0.1) is 0 Å². The van der Waals surface area contributed by atoms with Gasteiger partial charge in [0.15, 0.2) is 0 Å². The van der Waals surface area contributed by atoms with Crippen molar-refractivity contribution in [1.82, 2.24) is 9.78 Å². The predicted molar refractivity (Wildman–Crippen MR) is 92.8 cm³/mol. The molecule has 128 valence electrons. The van der Waals surface area contributed by atoms with Crippen molar-refractivity contribution in [3.05, 3.63) is 42.1 Å². The largest absolute Gasteiger partial charge is 0.378 e. The molecule has 1 fully saturated rings. The Morgan fingerprint density at radius 3 is 2.83 bits per heavy atom. The van der Waals surface area contributed by atoms with E-state index in [1.165, 1.54) is 11.3 Å². The van der Waals surface area contributed by atoms with Gasteiger partial charge in [-0.1, -0.05) is 18.2 Å². The molecule has 1 aromatic heterocycles. The fourth-order valence-electron chi connectivity index (χ4n) is 2.76. The number of carbonyl (C=O) groups is 1. The van der Waals surface area contributed by atoms with Gasteiger partial charge in [0.1, 0.15) is 5.82 Å². The van der Waals surface area contributed by atoms with Crippen molar-refractivity contribution in [2.75, 3.05) is 36.5 Å². The highest BCUT2D eigenvalue weighted by atomic mass is 16.5. The molecule has 0 aliphatic carbocycles. The number of morpholine rings is 1. The number of nitrogens with one attached hydrogen (secondary N) is 1. The molecule has 0 atom stereocenters. The number of anilines is 2. The summed E-state index contributed by atoms with van der Waals surface area (Å²) in [6.07, 6.45) is 2.14. The summed E-state index contributed by atoms with van der Waals surface area (Å²) < 4.78 is 7.15. The van der Waals surface area contributed by atoms with E-state index in [2.05, 4.69) is 33.5 Å². The molecule has 0 spiro atoms. The summed E-state index contributed by atoms with van der Waals surface area (Å²) >= 11 is 0. The second-order valence-corrected chi connectivity index (χ2v) is 5.76. The van der Waals surface area contributed by atoms with Gasteiger partial charge in [0, 0.05) is 50.6 Å². The van der Waals surface area contributed by atoms with E-state index in [0.717, 1.165) is 32.1 Å². The number of amides is 1. The summed E-state index contributed by atoms with van der Waals surface area (Å²) in [6, 6.07) is 10.3. The summed E-state index contributed by atoms with van der Waals surface area (Å²) in [5.74, 6) is 0.468. The molecular weight excluding hydrogens is 306 g/mol. The zero-order chi connectivity index (χ0) is 16.8. The van der Waals surface area contributed by atoms with Crippen molar-refractivity contribution in [2.45, 2.75) is 19.5 Å². The second-order valence-electron chi connectivity index (χ2n) is 5.76. The van der Waals surface area contributed by atoms with E-state index < -0.39 is 0 Å². The first kappa shape index (κ1) is 16.3. The Hall–Kier alpha value is -2.54. The Morgan fingerprint density at radius 2 is 2.04 bits per heavy atom.